The fourth-order valence-corrected chi connectivity index (χ4v) is 2.34. The van der Waals surface area contributed by atoms with Crippen molar-refractivity contribution in [3.05, 3.63) is 30.2 Å². The molecule has 2 aromatic heterocycles. The van der Waals surface area contributed by atoms with Gasteiger partial charge < -0.3 is 4.90 Å². The Hall–Kier alpha value is -1.84. The van der Waals surface area contributed by atoms with Crippen LogP contribution in [-0.2, 0) is 13.5 Å². The Balaban J connectivity index is 2.03. The Morgan fingerprint density at radius 1 is 1.24 bits per heavy atom. The van der Waals surface area contributed by atoms with Crippen LogP contribution >= 0.6 is 0 Å². The van der Waals surface area contributed by atoms with E-state index in [1.807, 2.05) is 24.1 Å². The summed E-state index contributed by atoms with van der Waals surface area (Å²) in [6.45, 7) is 1.13. The molecule has 4 nitrogen and oxygen atoms in total. The minimum absolute atomic E-state index is 1.02. The summed E-state index contributed by atoms with van der Waals surface area (Å²) < 4.78 is 1.81. The molecule has 17 heavy (non-hydrogen) atoms. The summed E-state index contributed by atoms with van der Waals surface area (Å²) in [4.78, 5) is 7.03. The highest BCUT2D eigenvalue weighted by Gasteiger charge is 2.15. The summed E-state index contributed by atoms with van der Waals surface area (Å²) in [5.74, 6) is 0. The van der Waals surface area contributed by atoms with Gasteiger partial charge in [-0.15, -0.1) is 0 Å². The number of hydrogen-bond acceptors (Lipinski definition) is 3. The Kier molecular flexibility index (Phi) is 2.35. The average Bonchev–Trinajstić information content (AvgIpc) is 2.76. The fraction of sp³-hybridized carbons (Fsp3) is 0.385. The molecule has 0 bridgehead atoms. The molecule has 4 heteroatoms. The van der Waals surface area contributed by atoms with Crippen molar-refractivity contribution in [3.8, 4) is 11.3 Å². The largest absolute Gasteiger partial charge is 0.373 e. The van der Waals surface area contributed by atoms with Crippen LogP contribution in [-0.4, -0.2) is 28.4 Å². The molecule has 0 spiro atoms. The van der Waals surface area contributed by atoms with E-state index < -0.39 is 0 Å². The van der Waals surface area contributed by atoms with E-state index in [-0.39, 0.29) is 0 Å². The minimum atomic E-state index is 1.02. The summed E-state index contributed by atoms with van der Waals surface area (Å²) in [6.07, 6.45) is 6.13. The van der Waals surface area contributed by atoms with Gasteiger partial charge in [-0.2, -0.15) is 5.10 Å². The second kappa shape index (κ2) is 3.87. The molecular formula is C13H16N4. The lowest BCUT2D eigenvalue weighted by Crippen LogP contribution is -2.25. The molecule has 0 radical (unpaired) electrons. The van der Waals surface area contributed by atoms with E-state index in [0.717, 1.165) is 24.2 Å². The predicted molar refractivity (Wildman–Crippen MR) is 68.0 cm³/mol. The zero-order valence-corrected chi connectivity index (χ0v) is 10.2. The zero-order valence-electron chi connectivity index (χ0n) is 10.2. The van der Waals surface area contributed by atoms with E-state index >= 15 is 0 Å². The second-order valence-electron chi connectivity index (χ2n) is 4.59. The highest BCUT2D eigenvalue weighted by molar-refractivity contribution is 5.62. The molecule has 0 N–H and O–H groups in total. The maximum Gasteiger partial charge on any atom is 0.0738 e. The van der Waals surface area contributed by atoms with E-state index in [1.165, 1.54) is 17.8 Å². The zero-order chi connectivity index (χ0) is 11.8. The first-order chi connectivity index (χ1) is 8.24. The first kappa shape index (κ1) is 10.3. The number of aryl methyl sites for hydroxylation is 2. The minimum Gasteiger partial charge on any atom is -0.373 e. The Morgan fingerprint density at radius 3 is 2.88 bits per heavy atom. The van der Waals surface area contributed by atoms with Crippen molar-refractivity contribution in [2.24, 2.45) is 7.05 Å². The van der Waals surface area contributed by atoms with Crippen LogP contribution in [0.25, 0.3) is 11.3 Å². The van der Waals surface area contributed by atoms with Crippen molar-refractivity contribution < 1.29 is 0 Å². The Bertz CT molecular complexity index is 544. The molecule has 0 saturated heterocycles. The van der Waals surface area contributed by atoms with Crippen LogP contribution in [0.5, 0.6) is 0 Å². The van der Waals surface area contributed by atoms with Gasteiger partial charge in [-0.3, -0.25) is 9.67 Å². The molecule has 3 heterocycles. The highest BCUT2D eigenvalue weighted by Crippen LogP contribution is 2.27. The number of nitrogens with zero attached hydrogens (tertiary/aromatic N) is 4. The van der Waals surface area contributed by atoms with Gasteiger partial charge in [0.15, 0.2) is 0 Å². The van der Waals surface area contributed by atoms with Gasteiger partial charge in [-0.05, 0) is 25.0 Å². The predicted octanol–water partition coefficient (Wildman–Crippen LogP) is 1.86. The molecule has 0 unspecified atom stereocenters. The van der Waals surface area contributed by atoms with Gasteiger partial charge in [0.05, 0.1) is 23.3 Å². The molecule has 88 valence electrons. The van der Waals surface area contributed by atoms with Crippen LogP contribution in [0.15, 0.2) is 24.5 Å². The van der Waals surface area contributed by atoms with Gasteiger partial charge in [-0.1, -0.05) is 0 Å². The molecule has 0 atom stereocenters. The van der Waals surface area contributed by atoms with E-state index in [1.54, 1.807) is 0 Å². The van der Waals surface area contributed by atoms with E-state index in [9.17, 15) is 0 Å². The second-order valence-corrected chi connectivity index (χ2v) is 4.59. The van der Waals surface area contributed by atoms with Crippen LogP contribution in [0, 0.1) is 0 Å². The summed E-state index contributed by atoms with van der Waals surface area (Å²) in [7, 11) is 4.05. The summed E-state index contributed by atoms with van der Waals surface area (Å²) in [5, 5.41) is 4.19. The SMILES string of the molecule is CN1CCCc2nc(-c3cnn(C)c3)ccc21. The highest BCUT2D eigenvalue weighted by atomic mass is 15.2. The normalized spacial score (nSPS) is 14.8. The number of aromatic nitrogens is 3. The molecule has 0 aromatic carbocycles. The third-order valence-electron chi connectivity index (χ3n) is 3.27. The number of pyridine rings is 1. The quantitative estimate of drug-likeness (QED) is 0.747. The van der Waals surface area contributed by atoms with Gasteiger partial charge in [0.1, 0.15) is 0 Å². The van der Waals surface area contributed by atoms with E-state index in [4.69, 9.17) is 4.98 Å². The van der Waals surface area contributed by atoms with Crippen LogP contribution in [0.3, 0.4) is 0 Å². The molecule has 0 fully saturated rings. The number of hydrogen-bond donors (Lipinski definition) is 0. The Morgan fingerprint density at radius 2 is 2.12 bits per heavy atom. The van der Waals surface area contributed by atoms with Gasteiger partial charge >= 0.3 is 0 Å². The maximum absolute atomic E-state index is 4.75. The average molecular weight is 228 g/mol. The van der Waals surface area contributed by atoms with Crippen LogP contribution in [0.2, 0.25) is 0 Å². The first-order valence-electron chi connectivity index (χ1n) is 5.94. The lowest BCUT2D eigenvalue weighted by molar-refractivity contribution is 0.726. The Labute approximate surface area is 101 Å². The molecule has 2 aromatic rings. The molecule has 1 aliphatic heterocycles. The summed E-state index contributed by atoms with van der Waals surface area (Å²) in [5.41, 5.74) is 4.58. The van der Waals surface area contributed by atoms with Crippen molar-refractivity contribution in [3.63, 3.8) is 0 Å². The molecular weight excluding hydrogens is 212 g/mol. The van der Waals surface area contributed by atoms with Crippen LogP contribution in [0.4, 0.5) is 5.69 Å². The van der Waals surface area contributed by atoms with Gasteiger partial charge in [0.2, 0.25) is 0 Å². The molecule has 3 rings (SSSR count). The lowest BCUT2D eigenvalue weighted by Gasteiger charge is -2.26. The molecule has 0 saturated carbocycles. The van der Waals surface area contributed by atoms with E-state index in [0.29, 0.717) is 0 Å². The summed E-state index contributed by atoms with van der Waals surface area (Å²) in [6, 6.07) is 4.25. The van der Waals surface area contributed by atoms with Crippen LogP contribution in [0.1, 0.15) is 12.1 Å². The third-order valence-corrected chi connectivity index (χ3v) is 3.27. The molecule has 0 aliphatic carbocycles. The molecule has 1 aliphatic rings. The topological polar surface area (TPSA) is 34.0 Å². The molecule has 0 amide bonds. The number of anilines is 1. The summed E-state index contributed by atoms with van der Waals surface area (Å²) >= 11 is 0. The number of rotatable bonds is 1. The monoisotopic (exact) mass is 228 g/mol. The van der Waals surface area contributed by atoms with Gasteiger partial charge in [0.25, 0.3) is 0 Å². The lowest BCUT2D eigenvalue weighted by atomic mass is 10.1. The smallest absolute Gasteiger partial charge is 0.0738 e. The first-order valence-corrected chi connectivity index (χ1v) is 5.94. The van der Waals surface area contributed by atoms with Crippen molar-refractivity contribution in [1.82, 2.24) is 14.8 Å². The van der Waals surface area contributed by atoms with Crippen molar-refractivity contribution in [2.75, 3.05) is 18.5 Å². The van der Waals surface area contributed by atoms with E-state index in [2.05, 4.69) is 29.2 Å². The van der Waals surface area contributed by atoms with Gasteiger partial charge in [0, 0.05) is 32.4 Å². The van der Waals surface area contributed by atoms with Crippen molar-refractivity contribution >= 4 is 5.69 Å². The van der Waals surface area contributed by atoms with Gasteiger partial charge in [-0.25, -0.2) is 0 Å². The van der Waals surface area contributed by atoms with Crippen LogP contribution < -0.4 is 4.90 Å². The third kappa shape index (κ3) is 1.79. The maximum atomic E-state index is 4.75. The standard InChI is InChI=1S/C13H16N4/c1-16-7-3-4-12-13(16)6-5-11(15-12)10-8-14-17(2)9-10/h5-6,8-9H,3-4,7H2,1-2H3. The fourth-order valence-electron chi connectivity index (χ4n) is 2.34. The number of fused-ring (bicyclic) bond motifs is 1. The van der Waals surface area contributed by atoms with Crippen molar-refractivity contribution in [2.45, 2.75) is 12.8 Å². The van der Waals surface area contributed by atoms with Crippen molar-refractivity contribution in [1.29, 1.82) is 0 Å².